The number of hydrogen-bond donors (Lipinski definition) is 0. The van der Waals surface area contributed by atoms with Crippen molar-refractivity contribution in [2.24, 2.45) is 0 Å². The van der Waals surface area contributed by atoms with E-state index in [0.717, 1.165) is 19.6 Å². The summed E-state index contributed by atoms with van der Waals surface area (Å²) in [6.45, 7) is 10.4. The summed E-state index contributed by atoms with van der Waals surface area (Å²) < 4.78 is 0. The van der Waals surface area contributed by atoms with E-state index in [0.29, 0.717) is 18.1 Å². The molecule has 0 amide bonds. The maximum absolute atomic E-state index is 2.67. The second-order valence-electron chi connectivity index (χ2n) is 6.90. The molecule has 1 aliphatic heterocycles. The van der Waals surface area contributed by atoms with Gasteiger partial charge in [0.05, 0.1) is 6.04 Å². The first kappa shape index (κ1) is 16.2. The highest BCUT2D eigenvalue weighted by molar-refractivity contribution is 5.32. The Hall–Kier alpha value is -1.64. The molecule has 1 atom stereocenters. The van der Waals surface area contributed by atoms with Gasteiger partial charge in [-0.1, -0.05) is 60.7 Å². The van der Waals surface area contributed by atoms with Crippen LogP contribution in [0.15, 0.2) is 60.7 Å². The molecule has 2 aromatic carbocycles. The van der Waals surface area contributed by atoms with E-state index >= 15 is 0 Å². The van der Waals surface area contributed by atoms with E-state index < -0.39 is 0 Å². The van der Waals surface area contributed by atoms with Gasteiger partial charge >= 0.3 is 0 Å². The summed E-state index contributed by atoms with van der Waals surface area (Å²) in [5.74, 6) is 0. The largest absolute Gasteiger partial charge is 0.298 e. The van der Waals surface area contributed by atoms with Crippen molar-refractivity contribution in [3.8, 4) is 0 Å². The lowest BCUT2D eigenvalue weighted by Gasteiger charge is -2.45. The molecule has 2 aromatic rings. The molecule has 1 fully saturated rings. The van der Waals surface area contributed by atoms with Gasteiger partial charge in [0, 0.05) is 31.7 Å². The van der Waals surface area contributed by atoms with Crippen molar-refractivity contribution >= 4 is 0 Å². The molecule has 0 saturated carbocycles. The van der Waals surface area contributed by atoms with Gasteiger partial charge in [0.15, 0.2) is 0 Å². The van der Waals surface area contributed by atoms with Crippen LogP contribution in [0.5, 0.6) is 0 Å². The van der Waals surface area contributed by atoms with E-state index in [1.807, 2.05) is 0 Å². The van der Waals surface area contributed by atoms with Crippen molar-refractivity contribution < 1.29 is 0 Å². The highest BCUT2D eigenvalue weighted by Gasteiger charge is 2.31. The van der Waals surface area contributed by atoms with Gasteiger partial charge in [0.25, 0.3) is 0 Å². The zero-order chi connectivity index (χ0) is 16.2. The van der Waals surface area contributed by atoms with Crippen molar-refractivity contribution in [3.63, 3.8) is 0 Å². The Morgan fingerprint density at radius 3 is 1.78 bits per heavy atom. The van der Waals surface area contributed by atoms with Crippen LogP contribution in [0.1, 0.15) is 37.9 Å². The summed E-state index contributed by atoms with van der Waals surface area (Å²) in [7, 11) is 0. The number of hydrogen-bond acceptors (Lipinski definition) is 2. The minimum atomic E-state index is 0.349. The fourth-order valence-corrected chi connectivity index (χ4v) is 3.70. The zero-order valence-electron chi connectivity index (χ0n) is 14.5. The van der Waals surface area contributed by atoms with Crippen molar-refractivity contribution in [1.29, 1.82) is 0 Å². The van der Waals surface area contributed by atoms with Gasteiger partial charge in [0.1, 0.15) is 0 Å². The minimum absolute atomic E-state index is 0.349. The molecule has 2 heteroatoms. The molecule has 0 aliphatic carbocycles. The molecule has 0 bridgehead atoms. The Kier molecular flexibility index (Phi) is 5.14. The third-order valence-electron chi connectivity index (χ3n) is 5.00. The molecule has 0 spiro atoms. The Bertz CT molecular complexity index is 554. The van der Waals surface area contributed by atoms with Crippen LogP contribution in [-0.4, -0.2) is 41.5 Å². The van der Waals surface area contributed by atoms with E-state index in [2.05, 4.69) is 91.2 Å². The average molecular weight is 308 g/mol. The smallest absolute Gasteiger partial charge is 0.0604 e. The van der Waals surface area contributed by atoms with E-state index in [-0.39, 0.29) is 0 Å². The lowest BCUT2D eigenvalue weighted by molar-refractivity contribution is 0.0450. The first-order valence-corrected chi connectivity index (χ1v) is 8.76. The maximum atomic E-state index is 2.67. The summed E-state index contributed by atoms with van der Waals surface area (Å²) in [5, 5.41) is 0. The molecule has 122 valence electrons. The van der Waals surface area contributed by atoms with Crippen LogP contribution in [0.25, 0.3) is 0 Å². The van der Waals surface area contributed by atoms with Crippen LogP contribution in [-0.2, 0) is 0 Å². The molecule has 0 aromatic heterocycles. The third-order valence-corrected chi connectivity index (χ3v) is 5.00. The van der Waals surface area contributed by atoms with Crippen LogP contribution in [0, 0.1) is 0 Å². The molecule has 23 heavy (non-hydrogen) atoms. The van der Waals surface area contributed by atoms with Crippen molar-refractivity contribution in [1.82, 2.24) is 9.80 Å². The predicted octanol–water partition coefficient (Wildman–Crippen LogP) is 4.19. The first-order chi connectivity index (χ1) is 11.2. The average Bonchev–Trinajstić information content (AvgIpc) is 2.58. The van der Waals surface area contributed by atoms with Gasteiger partial charge in [-0.15, -0.1) is 0 Å². The number of rotatable bonds is 4. The Labute approximate surface area is 140 Å². The van der Waals surface area contributed by atoms with Gasteiger partial charge in [0.2, 0.25) is 0 Å². The Balaban J connectivity index is 1.91. The van der Waals surface area contributed by atoms with Crippen LogP contribution < -0.4 is 0 Å². The number of nitrogens with zero attached hydrogens (tertiary/aromatic N) is 2. The molecular formula is C21H28N2. The molecule has 0 N–H and O–H groups in total. The quantitative estimate of drug-likeness (QED) is 0.835. The van der Waals surface area contributed by atoms with Gasteiger partial charge in [-0.05, 0) is 31.9 Å². The van der Waals surface area contributed by atoms with Crippen molar-refractivity contribution in [2.45, 2.75) is 38.9 Å². The highest BCUT2D eigenvalue weighted by Crippen LogP contribution is 2.31. The highest BCUT2D eigenvalue weighted by atomic mass is 15.3. The number of benzene rings is 2. The predicted molar refractivity (Wildman–Crippen MR) is 97.6 cm³/mol. The summed E-state index contributed by atoms with van der Waals surface area (Å²) in [6.07, 6.45) is 0. The Morgan fingerprint density at radius 1 is 0.826 bits per heavy atom. The summed E-state index contributed by atoms with van der Waals surface area (Å²) in [4.78, 5) is 5.26. The van der Waals surface area contributed by atoms with Crippen molar-refractivity contribution in [3.05, 3.63) is 71.8 Å². The first-order valence-electron chi connectivity index (χ1n) is 8.76. The SMILES string of the molecule is CC(C)N1CCN(C(c2ccccc2)c2ccccc2)[C@@H](C)C1. The summed E-state index contributed by atoms with van der Waals surface area (Å²) in [6, 6.07) is 23.4. The second-order valence-corrected chi connectivity index (χ2v) is 6.90. The van der Waals surface area contributed by atoms with Gasteiger partial charge in [-0.25, -0.2) is 0 Å². The van der Waals surface area contributed by atoms with Gasteiger partial charge in [-0.3, -0.25) is 9.80 Å². The monoisotopic (exact) mass is 308 g/mol. The fourth-order valence-electron chi connectivity index (χ4n) is 3.70. The zero-order valence-corrected chi connectivity index (χ0v) is 14.5. The normalized spacial score (nSPS) is 20.3. The van der Waals surface area contributed by atoms with Crippen LogP contribution >= 0.6 is 0 Å². The Morgan fingerprint density at radius 2 is 1.35 bits per heavy atom. The van der Waals surface area contributed by atoms with Crippen LogP contribution in [0.3, 0.4) is 0 Å². The second kappa shape index (κ2) is 7.29. The van der Waals surface area contributed by atoms with E-state index in [9.17, 15) is 0 Å². The maximum Gasteiger partial charge on any atom is 0.0604 e. The summed E-state index contributed by atoms with van der Waals surface area (Å²) in [5.41, 5.74) is 2.78. The summed E-state index contributed by atoms with van der Waals surface area (Å²) >= 11 is 0. The van der Waals surface area contributed by atoms with E-state index in [1.54, 1.807) is 0 Å². The standard InChI is InChI=1S/C21H28N2/c1-17(2)22-14-15-23(18(3)16-22)21(19-10-6-4-7-11-19)20-12-8-5-9-13-20/h4-13,17-18,21H,14-16H2,1-3H3/t18-/m0/s1. The lowest BCUT2D eigenvalue weighted by atomic mass is 9.94. The van der Waals surface area contributed by atoms with Gasteiger partial charge in [-0.2, -0.15) is 0 Å². The van der Waals surface area contributed by atoms with Crippen molar-refractivity contribution in [2.75, 3.05) is 19.6 Å². The lowest BCUT2D eigenvalue weighted by Crippen LogP contribution is -2.54. The number of piperazine rings is 1. The van der Waals surface area contributed by atoms with E-state index in [4.69, 9.17) is 0 Å². The van der Waals surface area contributed by atoms with Crippen LogP contribution in [0.4, 0.5) is 0 Å². The minimum Gasteiger partial charge on any atom is -0.298 e. The van der Waals surface area contributed by atoms with E-state index in [1.165, 1.54) is 11.1 Å². The molecule has 2 nitrogen and oxygen atoms in total. The molecule has 3 rings (SSSR count). The third kappa shape index (κ3) is 3.65. The molecule has 0 unspecified atom stereocenters. The molecule has 0 radical (unpaired) electrons. The fraction of sp³-hybridized carbons (Fsp3) is 0.429. The molecule has 1 saturated heterocycles. The molecule has 1 aliphatic rings. The molecule has 1 heterocycles. The topological polar surface area (TPSA) is 6.48 Å². The molecular weight excluding hydrogens is 280 g/mol. The van der Waals surface area contributed by atoms with Crippen LogP contribution in [0.2, 0.25) is 0 Å². The van der Waals surface area contributed by atoms with Gasteiger partial charge < -0.3 is 0 Å².